The van der Waals surface area contributed by atoms with Gasteiger partial charge in [-0.05, 0) is 37.5 Å². The van der Waals surface area contributed by atoms with Gasteiger partial charge in [0.05, 0.1) is 0 Å². The van der Waals surface area contributed by atoms with Crippen molar-refractivity contribution in [3.63, 3.8) is 0 Å². The lowest BCUT2D eigenvalue weighted by molar-refractivity contribution is 0.202. The van der Waals surface area contributed by atoms with Gasteiger partial charge in [-0.15, -0.1) is 0 Å². The monoisotopic (exact) mass is 303 g/mol. The van der Waals surface area contributed by atoms with Crippen molar-refractivity contribution in [1.82, 2.24) is 5.32 Å². The summed E-state index contributed by atoms with van der Waals surface area (Å²) >= 11 is 3.36. The fourth-order valence-electron chi connectivity index (χ4n) is 1.66. The molecule has 3 atom stereocenters. The van der Waals surface area contributed by atoms with Crippen molar-refractivity contribution in [3.8, 4) is 0 Å². The standard InChI is InChI=1S/C13H19BrFNO/c1-8(7-17)9(2)16-10(3)12-5-4-11(15)6-13(12)14/h4-6,8-10,16-17H,7H2,1-3H3. The van der Waals surface area contributed by atoms with E-state index in [1.165, 1.54) is 12.1 Å². The summed E-state index contributed by atoms with van der Waals surface area (Å²) in [6, 6.07) is 5.00. The molecule has 0 amide bonds. The van der Waals surface area contributed by atoms with E-state index in [1.54, 1.807) is 6.07 Å². The summed E-state index contributed by atoms with van der Waals surface area (Å²) in [4.78, 5) is 0. The van der Waals surface area contributed by atoms with Gasteiger partial charge in [0.15, 0.2) is 0 Å². The number of rotatable bonds is 5. The molecule has 96 valence electrons. The number of aliphatic hydroxyl groups excluding tert-OH is 1. The first-order chi connectivity index (χ1) is 7.95. The number of hydrogen-bond acceptors (Lipinski definition) is 2. The Morgan fingerprint density at radius 2 is 2.00 bits per heavy atom. The van der Waals surface area contributed by atoms with Gasteiger partial charge in [0.2, 0.25) is 0 Å². The van der Waals surface area contributed by atoms with E-state index in [2.05, 4.69) is 21.2 Å². The molecule has 0 aliphatic carbocycles. The summed E-state index contributed by atoms with van der Waals surface area (Å²) in [5.74, 6) is -0.0544. The molecule has 0 saturated carbocycles. The summed E-state index contributed by atoms with van der Waals surface area (Å²) < 4.78 is 13.7. The highest BCUT2D eigenvalue weighted by Crippen LogP contribution is 2.25. The van der Waals surface area contributed by atoms with Gasteiger partial charge < -0.3 is 10.4 Å². The fraction of sp³-hybridized carbons (Fsp3) is 0.538. The molecule has 1 aromatic rings. The average molecular weight is 304 g/mol. The molecule has 0 aromatic heterocycles. The lowest BCUT2D eigenvalue weighted by atomic mass is 10.0. The number of halogens is 2. The smallest absolute Gasteiger partial charge is 0.124 e. The van der Waals surface area contributed by atoms with E-state index in [0.717, 1.165) is 10.0 Å². The Kier molecular flexibility index (Phi) is 5.56. The van der Waals surface area contributed by atoms with Gasteiger partial charge in [-0.1, -0.05) is 28.9 Å². The van der Waals surface area contributed by atoms with Crippen molar-refractivity contribution < 1.29 is 9.50 Å². The second kappa shape index (κ2) is 6.47. The molecule has 0 aliphatic heterocycles. The van der Waals surface area contributed by atoms with E-state index >= 15 is 0 Å². The van der Waals surface area contributed by atoms with Gasteiger partial charge in [0.1, 0.15) is 5.82 Å². The van der Waals surface area contributed by atoms with E-state index < -0.39 is 0 Å². The molecule has 0 fully saturated rings. The van der Waals surface area contributed by atoms with Crippen LogP contribution in [0.4, 0.5) is 4.39 Å². The molecule has 0 bridgehead atoms. The summed E-state index contributed by atoms with van der Waals surface area (Å²) in [6.45, 7) is 6.21. The van der Waals surface area contributed by atoms with E-state index in [-0.39, 0.29) is 30.4 Å². The number of benzene rings is 1. The van der Waals surface area contributed by atoms with Crippen LogP contribution in [0.3, 0.4) is 0 Å². The first-order valence-electron chi connectivity index (χ1n) is 5.77. The summed E-state index contributed by atoms with van der Waals surface area (Å²) in [7, 11) is 0. The van der Waals surface area contributed by atoms with Gasteiger partial charge in [-0.3, -0.25) is 0 Å². The Hall–Kier alpha value is -0.450. The fourth-order valence-corrected chi connectivity index (χ4v) is 2.35. The quantitative estimate of drug-likeness (QED) is 0.875. The van der Waals surface area contributed by atoms with E-state index in [1.807, 2.05) is 20.8 Å². The largest absolute Gasteiger partial charge is 0.396 e. The van der Waals surface area contributed by atoms with Gasteiger partial charge >= 0.3 is 0 Å². The van der Waals surface area contributed by atoms with Gasteiger partial charge in [0.25, 0.3) is 0 Å². The van der Waals surface area contributed by atoms with Gasteiger partial charge in [-0.2, -0.15) is 0 Å². The van der Waals surface area contributed by atoms with Crippen molar-refractivity contribution in [2.75, 3.05) is 6.61 Å². The van der Waals surface area contributed by atoms with Crippen LogP contribution in [0.15, 0.2) is 22.7 Å². The molecule has 4 heteroatoms. The predicted molar refractivity (Wildman–Crippen MR) is 71.4 cm³/mol. The Morgan fingerprint density at radius 1 is 1.35 bits per heavy atom. The Bertz CT molecular complexity index is 372. The van der Waals surface area contributed by atoms with Crippen LogP contribution in [0.2, 0.25) is 0 Å². The third-order valence-electron chi connectivity index (χ3n) is 3.08. The number of hydrogen-bond donors (Lipinski definition) is 2. The highest BCUT2D eigenvalue weighted by Gasteiger charge is 2.16. The second-order valence-electron chi connectivity index (χ2n) is 4.50. The molecule has 1 rings (SSSR count). The highest BCUT2D eigenvalue weighted by atomic mass is 79.9. The summed E-state index contributed by atoms with van der Waals surface area (Å²) in [6.07, 6.45) is 0. The van der Waals surface area contributed by atoms with Crippen molar-refractivity contribution in [3.05, 3.63) is 34.1 Å². The molecular formula is C13H19BrFNO. The minimum Gasteiger partial charge on any atom is -0.396 e. The molecule has 0 aliphatic rings. The van der Waals surface area contributed by atoms with E-state index in [9.17, 15) is 4.39 Å². The van der Waals surface area contributed by atoms with E-state index in [4.69, 9.17) is 5.11 Å². The maximum Gasteiger partial charge on any atom is 0.124 e. The lowest BCUT2D eigenvalue weighted by Gasteiger charge is -2.25. The molecule has 2 N–H and O–H groups in total. The zero-order valence-corrected chi connectivity index (χ0v) is 12.0. The summed E-state index contributed by atoms with van der Waals surface area (Å²) in [5.41, 5.74) is 1.02. The van der Waals surface area contributed by atoms with Crippen LogP contribution in [0, 0.1) is 11.7 Å². The first kappa shape index (κ1) is 14.6. The van der Waals surface area contributed by atoms with Crippen LogP contribution >= 0.6 is 15.9 Å². The minimum absolute atomic E-state index is 0.106. The van der Waals surface area contributed by atoms with Crippen LogP contribution in [0.1, 0.15) is 32.4 Å². The van der Waals surface area contributed by atoms with Crippen molar-refractivity contribution in [2.24, 2.45) is 5.92 Å². The van der Waals surface area contributed by atoms with Gasteiger partial charge in [-0.25, -0.2) is 4.39 Å². The van der Waals surface area contributed by atoms with Gasteiger partial charge in [0, 0.05) is 23.2 Å². The minimum atomic E-state index is -0.246. The van der Waals surface area contributed by atoms with Crippen LogP contribution < -0.4 is 5.32 Å². The molecule has 2 nitrogen and oxygen atoms in total. The second-order valence-corrected chi connectivity index (χ2v) is 5.36. The van der Waals surface area contributed by atoms with Crippen LogP contribution in [-0.2, 0) is 0 Å². The SMILES string of the molecule is CC(NC(C)C(C)CO)c1ccc(F)cc1Br. The number of nitrogens with one attached hydrogen (secondary N) is 1. The molecule has 17 heavy (non-hydrogen) atoms. The number of aliphatic hydroxyl groups is 1. The van der Waals surface area contributed by atoms with Crippen LogP contribution in [0.5, 0.6) is 0 Å². The zero-order chi connectivity index (χ0) is 13.0. The molecular weight excluding hydrogens is 285 g/mol. The third kappa shape index (κ3) is 4.05. The molecule has 0 radical (unpaired) electrons. The third-order valence-corrected chi connectivity index (χ3v) is 3.77. The van der Waals surface area contributed by atoms with Crippen LogP contribution in [0.25, 0.3) is 0 Å². The Balaban J connectivity index is 2.72. The molecule has 3 unspecified atom stereocenters. The average Bonchev–Trinajstić information content (AvgIpc) is 2.27. The summed E-state index contributed by atoms with van der Waals surface area (Å²) in [5, 5.41) is 12.5. The molecule has 0 spiro atoms. The lowest BCUT2D eigenvalue weighted by Crippen LogP contribution is -2.35. The predicted octanol–water partition coefficient (Wildman–Crippen LogP) is 3.26. The first-order valence-corrected chi connectivity index (χ1v) is 6.56. The van der Waals surface area contributed by atoms with Crippen molar-refractivity contribution >= 4 is 15.9 Å². The van der Waals surface area contributed by atoms with E-state index in [0.29, 0.717) is 0 Å². The highest BCUT2D eigenvalue weighted by molar-refractivity contribution is 9.10. The molecule has 1 aromatic carbocycles. The molecule has 0 saturated heterocycles. The maximum absolute atomic E-state index is 13.0. The maximum atomic E-state index is 13.0. The van der Waals surface area contributed by atoms with Crippen molar-refractivity contribution in [2.45, 2.75) is 32.9 Å². The normalized spacial score (nSPS) is 16.6. The van der Waals surface area contributed by atoms with Crippen LogP contribution in [-0.4, -0.2) is 17.8 Å². The molecule has 0 heterocycles. The topological polar surface area (TPSA) is 32.3 Å². The Morgan fingerprint density at radius 3 is 2.53 bits per heavy atom. The zero-order valence-electron chi connectivity index (χ0n) is 10.4. The van der Waals surface area contributed by atoms with Crippen molar-refractivity contribution in [1.29, 1.82) is 0 Å². The Labute approximate surface area is 110 Å².